The Morgan fingerprint density at radius 3 is 2.89 bits per heavy atom. The summed E-state index contributed by atoms with van der Waals surface area (Å²) in [6, 6.07) is 0. The first kappa shape index (κ1) is 13.2. The maximum absolute atomic E-state index is 5.93. The molecular formula is C13H20N4S. The van der Waals surface area contributed by atoms with E-state index in [1.807, 2.05) is 18.0 Å². The molecule has 0 aliphatic heterocycles. The first-order valence-corrected chi connectivity index (χ1v) is 7.67. The Bertz CT molecular complexity index is 547. The lowest BCUT2D eigenvalue weighted by molar-refractivity contribution is 0.663. The molecule has 0 aliphatic carbocycles. The van der Waals surface area contributed by atoms with Gasteiger partial charge in [-0.1, -0.05) is 6.92 Å². The van der Waals surface area contributed by atoms with Gasteiger partial charge in [0.2, 0.25) is 0 Å². The number of nitrogen functional groups attached to an aromatic ring is 1. The number of rotatable bonds is 5. The van der Waals surface area contributed by atoms with Crippen LogP contribution in [0, 0.1) is 6.92 Å². The number of fused-ring (bicyclic) bond motifs is 1. The summed E-state index contributed by atoms with van der Waals surface area (Å²) in [5, 5.41) is 0. The Hall–Kier alpha value is -1.23. The Morgan fingerprint density at radius 2 is 2.22 bits per heavy atom. The lowest BCUT2D eigenvalue weighted by Crippen LogP contribution is -2.05. The van der Waals surface area contributed by atoms with Crippen molar-refractivity contribution in [1.29, 1.82) is 0 Å². The van der Waals surface area contributed by atoms with E-state index in [0.29, 0.717) is 5.82 Å². The van der Waals surface area contributed by atoms with E-state index < -0.39 is 0 Å². The second-order valence-electron chi connectivity index (χ2n) is 4.40. The summed E-state index contributed by atoms with van der Waals surface area (Å²) in [6.07, 6.45) is 6.05. The van der Waals surface area contributed by atoms with Crippen LogP contribution in [0.1, 0.15) is 24.7 Å². The van der Waals surface area contributed by atoms with Crippen LogP contribution < -0.4 is 5.73 Å². The van der Waals surface area contributed by atoms with Gasteiger partial charge < -0.3 is 10.3 Å². The molecule has 0 atom stereocenters. The van der Waals surface area contributed by atoms with Gasteiger partial charge in [-0.2, -0.15) is 11.8 Å². The van der Waals surface area contributed by atoms with Gasteiger partial charge in [-0.25, -0.2) is 9.97 Å². The van der Waals surface area contributed by atoms with E-state index >= 15 is 0 Å². The van der Waals surface area contributed by atoms with Gasteiger partial charge in [-0.05, 0) is 30.9 Å². The van der Waals surface area contributed by atoms with Gasteiger partial charge in [-0.3, -0.25) is 0 Å². The molecule has 2 rings (SSSR count). The van der Waals surface area contributed by atoms with E-state index in [9.17, 15) is 0 Å². The number of thioether (sulfide) groups is 1. The third-order valence-electron chi connectivity index (χ3n) is 3.11. The maximum atomic E-state index is 5.93. The Labute approximate surface area is 112 Å². The predicted molar refractivity (Wildman–Crippen MR) is 79.1 cm³/mol. The average molecular weight is 264 g/mol. The van der Waals surface area contributed by atoms with Crippen LogP contribution in [-0.2, 0) is 13.0 Å². The van der Waals surface area contributed by atoms with Crippen LogP contribution in [0.15, 0.2) is 6.20 Å². The first-order valence-electron chi connectivity index (χ1n) is 6.28. The van der Waals surface area contributed by atoms with E-state index in [-0.39, 0.29) is 0 Å². The van der Waals surface area contributed by atoms with E-state index in [1.54, 1.807) is 0 Å². The summed E-state index contributed by atoms with van der Waals surface area (Å²) in [5.41, 5.74) is 9.09. The summed E-state index contributed by atoms with van der Waals surface area (Å²) in [4.78, 5) is 8.83. The molecule has 0 aliphatic rings. The molecule has 4 nitrogen and oxygen atoms in total. The molecule has 2 N–H and O–H groups in total. The lowest BCUT2D eigenvalue weighted by atomic mass is 10.2. The first-order chi connectivity index (χ1) is 8.69. The van der Waals surface area contributed by atoms with Crippen LogP contribution in [-0.4, -0.2) is 26.5 Å². The fourth-order valence-electron chi connectivity index (χ4n) is 2.24. The molecule has 98 valence electrons. The van der Waals surface area contributed by atoms with Crippen molar-refractivity contribution in [1.82, 2.24) is 14.5 Å². The van der Waals surface area contributed by atoms with Crippen molar-refractivity contribution in [2.75, 3.05) is 17.7 Å². The summed E-state index contributed by atoms with van der Waals surface area (Å²) in [7, 11) is 0. The number of pyridine rings is 1. The Kier molecular flexibility index (Phi) is 4.11. The molecule has 0 spiro atoms. The standard InChI is InChI=1S/C13H20N4S/c1-4-10-16-11-12(9(2)8-15-13(11)14)17(10)6-5-7-18-3/h8H,4-7H2,1-3H3,(H2,14,15). The molecule has 2 heterocycles. The molecule has 2 aromatic rings. The molecule has 0 radical (unpaired) electrons. The number of nitrogens with two attached hydrogens (primary N) is 1. The zero-order chi connectivity index (χ0) is 13.1. The highest BCUT2D eigenvalue weighted by Gasteiger charge is 2.14. The highest BCUT2D eigenvalue weighted by Crippen LogP contribution is 2.24. The zero-order valence-electron chi connectivity index (χ0n) is 11.2. The van der Waals surface area contributed by atoms with Crippen LogP contribution in [0.4, 0.5) is 5.82 Å². The van der Waals surface area contributed by atoms with Crippen LogP contribution in [0.2, 0.25) is 0 Å². The van der Waals surface area contributed by atoms with Gasteiger partial charge >= 0.3 is 0 Å². The number of imidazole rings is 1. The SMILES string of the molecule is CCc1nc2c(N)ncc(C)c2n1CCCSC. The van der Waals surface area contributed by atoms with E-state index in [0.717, 1.165) is 41.8 Å². The van der Waals surface area contributed by atoms with Gasteiger partial charge in [0.25, 0.3) is 0 Å². The predicted octanol–water partition coefficient (Wildman–Crippen LogP) is 2.64. The van der Waals surface area contributed by atoms with Crippen molar-refractivity contribution in [3.8, 4) is 0 Å². The van der Waals surface area contributed by atoms with Crippen LogP contribution >= 0.6 is 11.8 Å². The summed E-state index contributed by atoms with van der Waals surface area (Å²) in [6.45, 7) is 5.21. The molecular weight excluding hydrogens is 244 g/mol. The fourth-order valence-corrected chi connectivity index (χ4v) is 2.66. The number of aryl methyl sites for hydroxylation is 3. The van der Waals surface area contributed by atoms with Crippen molar-refractivity contribution >= 4 is 28.6 Å². The van der Waals surface area contributed by atoms with E-state index in [1.165, 1.54) is 5.75 Å². The molecule has 5 heteroatoms. The number of hydrogen-bond acceptors (Lipinski definition) is 4. The van der Waals surface area contributed by atoms with Crippen LogP contribution in [0.25, 0.3) is 11.0 Å². The highest BCUT2D eigenvalue weighted by molar-refractivity contribution is 7.98. The number of anilines is 1. The molecule has 0 unspecified atom stereocenters. The van der Waals surface area contributed by atoms with Gasteiger partial charge in [0, 0.05) is 19.2 Å². The minimum absolute atomic E-state index is 0.536. The largest absolute Gasteiger partial charge is 0.382 e. The van der Waals surface area contributed by atoms with Gasteiger partial charge in [0.15, 0.2) is 5.82 Å². The van der Waals surface area contributed by atoms with Gasteiger partial charge in [0.1, 0.15) is 11.3 Å². The van der Waals surface area contributed by atoms with Crippen molar-refractivity contribution in [3.63, 3.8) is 0 Å². The van der Waals surface area contributed by atoms with Crippen molar-refractivity contribution in [2.45, 2.75) is 33.2 Å². The second-order valence-corrected chi connectivity index (χ2v) is 5.39. The summed E-state index contributed by atoms with van der Waals surface area (Å²) in [5.74, 6) is 2.81. The Balaban J connectivity index is 2.50. The number of hydrogen-bond donors (Lipinski definition) is 1. The molecule has 2 aromatic heterocycles. The third-order valence-corrected chi connectivity index (χ3v) is 3.80. The second kappa shape index (κ2) is 5.61. The van der Waals surface area contributed by atoms with E-state index in [4.69, 9.17) is 5.73 Å². The van der Waals surface area contributed by atoms with Gasteiger partial charge in [0.05, 0.1) is 5.52 Å². The monoisotopic (exact) mass is 264 g/mol. The van der Waals surface area contributed by atoms with Crippen LogP contribution in [0.3, 0.4) is 0 Å². The Morgan fingerprint density at radius 1 is 1.44 bits per heavy atom. The highest BCUT2D eigenvalue weighted by atomic mass is 32.2. The molecule has 0 bridgehead atoms. The maximum Gasteiger partial charge on any atom is 0.151 e. The third kappa shape index (κ3) is 2.32. The van der Waals surface area contributed by atoms with Gasteiger partial charge in [-0.15, -0.1) is 0 Å². The quantitative estimate of drug-likeness (QED) is 0.843. The molecule has 0 amide bonds. The lowest BCUT2D eigenvalue weighted by Gasteiger charge is -2.09. The van der Waals surface area contributed by atoms with Crippen molar-refractivity contribution < 1.29 is 0 Å². The molecule has 0 fully saturated rings. The average Bonchev–Trinajstić information content (AvgIpc) is 2.74. The molecule has 0 aromatic carbocycles. The molecule has 0 saturated carbocycles. The number of aromatic nitrogens is 3. The minimum atomic E-state index is 0.536. The molecule has 0 saturated heterocycles. The topological polar surface area (TPSA) is 56.7 Å². The minimum Gasteiger partial charge on any atom is -0.382 e. The number of nitrogens with zero attached hydrogens (tertiary/aromatic N) is 3. The zero-order valence-corrected chi connectivity index (χ0v) is 12.0. The fraction of sp³-hybridized carbons (Fsp3) is 0.538. The van der Waals surface area contributed by atoms with Crippen LogP contribution in [0.5, 0.6) is 0 Å². The van der Waals surface area contributed by atoms with Crippen molar-refractivity contribution in [2.24, 2.45) is 0 Å². The smallest absolute Gasteiger partial charge is 0.151 e. The molecule has 18 heavy (non-hydrogen) atoms. The summed E-state index contributed by atoms with van der Waals surface area (Å²) < 4.78 is 2.30. The van der Waals surface area contributed by atoms with E-state index in [2.05, 4.69) is 34.6 Å². The summed E-state index contributed by atoms with van der Waals surface area (Å²) >= 11 is 1.88. The normalized spacial score (nSPS) is 11.3. The van der Waals surface area contributed by atoms with Crippen molar-refractivity contribution in [3.05, 3.63) is 17.6 Å².